The van der Waals surface area contributed by atoms with Gasteiger partial charge < -0.3 is 10.6 Å². The number of fused-ring (bicyclic) bond motifs is 1. The maximum atomic E-state index is 12.4. The van der Waals surface area contributed by atoms with Gasteiger partial charge in [-0.15, -0.1) is 0 Å². The Bertz CT molecular complexity index is 1020. The van der Waals surface area contributed by atoms with E-state index in [1.165, 1.54) is 0 Å². The largest absolute Gasteiger partial charge is 0.369 e. The number of halogens is 1. The van der Waals surface area contributed by atoms with Gasteiger partial charge in [-0.25, -0.2) is 14.6 Å². The Hall–Kier alpha value is -2.32. The van der Waals surface area contributed by atoms with Gasteiger partial charge in [0.2, 0.25) is 0 Å². The molecule has 160 valence electrons. The number of aromatic nitrogens is 4. The lowest BCUT2D eigenvalue weighted by Gasteiger charge is -2.12. The fourth-order valence-electron chi connectivity index (χ4n) is 2.81. The first-order chi connectivity index (χ1) is 14.3. The molecule has 0 radical (unpaired) electrons. The first kappa shape index (κ1) is 22.4. The molecular formula is C21H27ClN6OS. The molecule has 0 aliphatic rings. The number of anilines is 1. The van der Waals surface area contributed by atoms with E-state index in [9.17, 15) is 4.79 Å². The maximum Gasteiger partial charge on any atom is 0.252 e. The summed E-state index contributed by atoms with van der Waals surface area (Å²) in [6, 6.07) is 7.00. The number of nitrogens with one attached hydrogen (secondary N) is 2. The maximum absolute atomic E-state index is 12.4. The topological polar surface area (TPSA) is 84.7 Å². The third-order valence-corrected chi connectivity index (χ3v) is 5.42. The summed E-state index contributed by atoms with van der Waals surface area (Å²) in [4.78, 5) is 21.8. The van der Waals surface area contributed by atoms with E-state index in [2.05, 4.69) is 48.4 Å². The molecule has 30 heavy (non-hydrogen) atoms. The highest BCUT2D eigenvalue weighted by Gasteiger charge is 2.15. The lowest BCUT2D eigenvalue weighted by molar-refractivity contribution is 0.0952. The SMILES string of the molecule is CC(C)CNc1nc(SC(C)C)nc2c1cnn2CCNC(=O)c1ccccc1Cl. The van der Waals surface area contributed by atoms with Gasteiger partial charge in [-0.2, -0.15) is 5.10 Å². The summed E-state index contributed by atoms with van der Waals surface area (Å²) in [7, 11) is 0. The fraction of sp³-hybridized carbons (Fsp3) is 0.429. The van der Waals surface area contributed by atoms with Crippen molar-refractivity contribution in [2.24, 2.45) is 5.92 Å². The van der Waals surface area contributed by atoms with E-state index in [1.807, 2.05) is 0 Å². The quantitative estimate of drug-likeness (QED) is 0.372. The molecule has 0 aliphatic heterocycles. The molecule has 0 spiro atoms. The van der Waals surface area contributed by atoms with Crippen molar-refractivity contribution in [2.45, 2.75) is 44.6 Å². The highest BCUT2D eigenvalue weighted by molar-refractivity contribution is 7.99. The Morgan fingerprint density at radius 3 is 2.67 bits per heavy atom. The van der Waals surface area contributed by atoms with E-state index in [1.54, 1.807) is 46.9 Å². The van der Waals surface area contributed by atoms with Gasteiger partial charge in [0.25, 0.3) is 5.91 Å². The fourth-order valence-corrected chi connectivity index (χ4v) is 3.74. The number of nitrogens with zero attached hydrogens (tertiary/aromatic N) is 4. The Kier molecular flexibility index (Phi) is 7.55. The second kappa shape index (κ2) is 10.1. The molecule has 1 aromatic carbocycles. The smallest absolute Gasteiger partial charge is 0.252 e. The molecule has 0 bridgehead atoms. The Morgan fingerprint density at radius 1 is 1.20 bits per heavy atom. The zero-order valence-corrected chi connectivity index (χ0v) is 19.2. The minimum atomic E-state index is -0.206. The van der Waals surface area contributed by atoms with Crippen LogP contribution in [0.25, 0.3) is 11.0 Å². The van der Waals surface area contributed by atoms with Crippen molar-refractivity contribution in [2.75, 3.05) is 18.4 Å². The molecule has 9 heteroatoms. The number of carbonyl (C=O) groups excluding carboxylic acids is 1. The van der Waals surface area contributed by atoms with Crippen LogP contribution in [-0.2, 0) is 6.54 Å². The van der Waals surface area contributed by atoms with Crippen LogP contribution >= 0.6 is 23.4 Å². The van der Waals surface area contributed by atoms with Gasteiger partial charge in [-0.3, -0.25) is 4.79 Å². The Balaban J connectivity index is 1.77. The van der Waals surface area contributed by atoms with E-state index in [-0.39, 0.29) is 5.91 Å². The standard InChI is InChI=1S/C21H27ClN6OS/c1-13(2)11-24-18-16-12-25-28(19(16)27-21(26-18)30-14(3)4)10-9-23-20(29)15-7-5-6-8-17(15)22/h5-8,12-14H,9-11H2,1-4H3,(H,23,29)(H,24,26,27). The van der Waals surface area contributed by atoms with Crippen molar-refractivity contribution in [1.82, 2.24) is 25.1 Å². The second-order valence-corrected chi connectivity index (χ2v) is 9.59. The summed E-state index contributed by atoms with van der Waals surface area (Å²) in [5.74, 6) is 1.08. The molecule has 2 N–H and O–H groups in total. The first-order valence-electron chi connectivity index (χ1n) is 10.0. The van der Waals surface area contributed by atoms with Crippen molar-refractivity contribution in [3.8, 4) is 0 Å². The first-order valence-corrected chi connectivity index (χ1v) is 11.3. The number of amides is 1. The van der Waals surface area contributed by atoms with Crippen molar-refractivity contribution < 1.29 is 4.79 Å². The minimum Gasteiger partial charge on any atom is -0.369 e. The van der Waals surface area contributed by atoms with Crippen molar-refractivity contribution in [3.63, 3.8) is 0 Å². The summed E-state index contributed by atoms with van der Waals surface area (Å²) in [6.07, 6.45) is 1.78. The lowest BCUT2D eigenvalue weighted by atomic mass is 10.2. The van der Waals surface area contributed by atoms with Crippen LogP contribution in [0.3, 0.4) is 0 Å². The van der Waals surface area contributed by atoms with Crippen LogP contribution in [0.1, 0.15) is 38.1 Å². The van der Waals surface area contributed by atoms with E-state index in [0.717, 1.165) is 23.4 Å². The molecule has 7 nitrogen and oxygen atoms in total. The zero-order valence-electron chi connectivity index (χ0n) is 17.6. The molecule has 3 rings (SSSR count). The lowest BCUT2D eigenvalue weighted by Crippen LogP contribution is -2.27. The normalized spacial score (nSPS) is 11.4. The molecule has 1 amide bonds. The number of benzene rings is 1. The van der Waals surface area contributed by atoms with E-state index in [4.69, 9.17) is 16.6 Å². The number of hydrogen-bond donors (Lipinski definition) is 2. The summed E-state index contributed by atoms with van der Waals surface area (Å²) >= 11 is 7.71. The van der Waals surface area contributed by atoms with Crippen molar-refractivity contribution in [1.29, 1.82) is 0 Å². The Labute approximate surface area is 186 Å². The van der Waals surface area contributed by atoms with Crippen molar-refractivity contribution >= 4 is 46.1 Å². The van der Waals surface area contributed by atoms with Gasteiger partial charge in [-0.05, 0) is 18.1 Å². The van der Waals surface area contributed by atoms with Crippen LogP contribution < -0.4 is 10.6 Å². The average molecular weight is 447 g/mol. The van der Waals surface area contributed by atoms with Crippen LogP contribution in [0, 0.1) is 5.92 Å². The van der Waals surface area contributed by atoms with E-state index < -0.39 is 0 Å². The molecule has 0 aliphatic carbocycles. The van der Waals surface area contributed by atoms with Gasteiger partial charge in [-0.1, -0.05) is 63.2 Å². The van der Waals surface area contributed by atoms with Crippen LogP contribution in [0.2, 0.25) is 5.02 Å². The van der Waals surface area contributed by atoms with Gasteiger partial charge in [0.05, 0.1) is 28.7 Å². The van der Waals surface area contributed by atoms with Crippen molar-refractivity contribution in [3.05, 3.63) is 41.0 Å². The minimum absolute atomic E-state index is 0.206. The second-order valence-electron chi connectivity index (χ2n) is 7.64. The van der Waals surface area contributed by atoms with E-state index >= 15 is 0 Å². The predicted octanol–water partition coefficient (Wildman–Crippen LogP) is 4.48. The summed E-state index contributed by atoms with van der Waals surface area (Å²) < 4.78 is 1.80. The summed E-state index contributed by atoms with van der Waals surface area (Å²) in [5, 5.41) is 13.2. The molecular weight excluding hydrogens is 420 g/mol. The van der Waals surface area contributed by atoms with E-state index in [0.29, 0.717) is 40.0 Å². The molecule has 3 aromatic rings. The molecule has 0 saturated carbocycles. The highest BCUT2D eigenvalue weighted by atomic mass is 35.5. The van der Waals surface area contributed by atoms with Crippen LogP contribution in [-0.4, -0.2) is 44.0 Å². The monoisotopic (exact) mass is 446 g/mol. The predicted molar refractivity (Wildman–Crippen MR) is 123 cm³/mol. The molecule has 2 heterocycles. The third kappa shape index (κ3) is 5.64. The van der Waals surface area contributed by atoms with Crippen LogP contribution in [0.4, 0.5) is 5.82 Å². The molecule has 0 atom stereocenters. The number of thioether (sulfide) groups is 1. The van der Waals surface area contributed by atoms with Crippen LogP contribution in [0.5, 0.6) is 0 Å². The van der Waals surface area contributed by atoms with Gasteiger partial charge in [0, 0.05) is 18.3 Å². The van der Waals surface area contributed by atoms with Gasteiger partial charge >= 0.3 is 0 Å². The molecule has 0 saturated heterocycles. The van der Waals surface area contributed by atoms with Gasteiger partial charge in [0.1, 0.15) is 5.82 Å². The number of hydrogen-bond acceptors (Lipinski definition) is 6. The zero-order chi connectivity index (χ0) is 21.7. The molecule has 2 aromatic heterocycles. The average Bonchev–Trinajstić information content (AvgIpc) is 3.09. The third-order valence-electron chi connectivity index (χ3n) is 4.22. The number of rotatable bonds is 9. The van der Waals surface area contributed by atoms with Gasteiger partial charge in [0.15, 0.2) is 10.8 Å². The Morgan fingerprint density at radius 2 is 1.97 bits per heavy atom. The van der Waals surface area contributed by atoms with Crippen LogP contribution in [0.15, 0.2) is 35.6 Å². The summed E-state index contributed by atoms with van der Waals surface area (Å²) in [5.41, 5.74) is 1.22. The summed E-state index contributed by atoms with van der Waals surface area (Å²) in [6.45, 7) is 10.2. The highest BCUT2D eigenvalue weighted by Crippen LogP contribution is 2.26. The molecule has 0 unspecified atom stereocenters. The molecule has 0 fully saturated rings. The number of carbonyl (C=O) groups is 1.